The maximum atomic E-state index is 13.0. The van der Waals surface area contributed by atoms with Crippen molar-refractivity contribution in [3.05, 3.63) is 59.5 Å². The second-order valence-electron chi connectivity index (χ2n) is 6.94. The van der Waals surface area contributed by atoms with Gasteiger partial charge in [0.15, 0.2) is 0 Å². The van der Waals surface area contributed by atoms with Crippen LogP contribution in [0.25, 0.3) is 5.65 Å². The molecule has 1 atom stereocenters. The van der Waals surface area contributed by atoms with E-state index in [1.807, 2.05) is 58.9 Å². The summed E-state index contributed by atoms with van der Waals surface area (Å²) >= 11 is 0. The van der Waals surface area contributed by atoms with Crippen molar-refractivity contribution in [1.29, 1.82) is 0 Å². The quantitative estimate of drug-likeness (QED) is 0.712. The van der Waals surface area contributed by atoms with Gasteiger partial charge >= 0.3 is 0 Å². The topological polar surface area (TPSA) is 56.1 Å². The number of likely N-dealkylation sites (tertiary alicyclic amines) is 1. The van der Waals surface area contributed by atoms with E-state index < -0.39 is 0 Å². The molecule has 1 unspecified atom stereocenters. The fraction of sp³-hybridized carbons (Fsp3) is 0.333. The molecule has 6 nitrogen and oxygen atoms in total. The number of nitrogens with zero attached hydrogens (tertiary/aromatic N) is 3. The van der Waals surface area contributed by atoms with Crippen LogP contribution >= 0.6 is 0 Å². The third-order valence-electron chi connectivity index (χ3n) is 5.17. The average molecular weight is 365 g/mol. The number of rotatable bonds is 4. The first-order chi connectivity index (χ1) is 13.1. The number of benzene rings is 1. The Balaban J connectivity index is 1.56. The summed E-state index contributed by atoms with van der Waals surface area (Å²) in [6.45, 7) is 3.37. The highest BCUT2D eigenvalue weighted by atomic mass is 16.5. The van der Waals surface area contributed by atoms with E-state index in [0.29, 0.717) is 18.8 Å². The summed E-state index contributed by atoms with van der Waals surface area (Å²) in [4.78, 5) is 19.3. The maximum Gasteiger partial charge on any atom is 0.274 e. The number of carbonyl (C=O) groups excluding carboxylic acids is 1. The van der Waals surface area contributed by atoms with Crippen LogP contribution in [0, 0.1) is 6.92 Å². The summed E-state index contributed by atoms with van der Waals surface area (Å²) in [6.07, 6.45) is 4.68. The van der Waals surface area contributed by atoms with Crippen LogP contribution in [0.1, 0.15) is 34.0 Å². The molecule has 0 aliphatic carbocycles. The lowest BCUT2D eigenvalue weighted by molar-refractivity contribution is 0.0785. The molecule has 1 aromatic carbocycles. The molecule has 2 aromatic heterocycles. The van der Waals surface area contributed by atoms with Gasteiger partial charge in [0, 0.05) is 37.0 Å². The standard InChI is InChI=1S/C21H23N3O3/c1-14-4-7-20-22-18(13-24(20)11-14)21(25)23-9-8-15(12-23)17-10-16(26-2)5-6-19(17)27-3/h4-7,10-11,13,15H,8-9,12H2,1-3H3. The molecule has 1 amide bonds. The molecule has 0 bridgehead atoms. The third-order valence-corrected chi connectivity index (χ3v) is 5.17. The van der Waals surface area contributed by atoms with Gasteiger partial charge in [0.05, 0.1) is 14.2 Å². The molecule has 0 saturated carbocycles. The van der Waals surface area contributed by atoms with Crippen molar-refractivity contribution >= 4 is 11.6 Å². The van der Waals surface area contributed by atoms with Gasteiger partial charge in [-0.1, -0.05) is 6.07 Å². The monoisotopic (exact) mass is 365 g/mol. The van der Waals surface area contributed by atoms with Crippen LogP contribution in [-0.4, -0.2) is 47.5 Å². The number of amides is 1. The largest absolute Gasteiger partial charge is 0.497 e. The lowest BCUT2D eigenvalue weighted by Gasteiger charge is -2.17. The van der Waals surface area contributed by atoms with Crippen LogP contribution in [0.15, 0.2) is 42.7 Å². The van der Waals surface area contributed by atoms with Gasteiger partial charge in [-0.2, -0.15) is 0 Å². The lowest BCUT2D eigenvalue weighted by atomic mass is 9.97. The molecule has 3 heterocycles. The Bertz CT molecular complexity index is 996. The minimum absolute atomic E-state index is 0.0271. The Morgan fingerprint density at radius 3 is 2.78 bits per heavy atom. The molecule has 1 aliphatic rings. The van der Waals surface area contributed by atoms with Crippen LogP contribution in [0.4, 0.5) is 0 Å². The number of imidazole rings is 1. The second-order valence-corrected chi connectivity index (χ2v) is 6.94. The fourth-order valence-electron chi connectivity index (χ4n) is 3.73. The summed E-state index contributed by atoms with van der Waals surface area (Å²) in [7, 11) is 3.32. The third kappa shape index (κ3) is 3.23. The van der Waals surface area contributed by atoms with E-state index in [1.165, 1.54) is 0 Å². The van der Waals surface area contributed by atoms with E-state index in [0.717, 1.165) is 34.7 Å². The normalized spacial score (nSPS) is 16.7. The van der Waals surface area contributed by atoms with Crippen molar-refractivity contribution in [3.8, 4) is 11.5 Å². The molecule has 3 aromatic rings. The van der Waals surface area contributed by atoms with Crippen LogP contribution < -0.4 is 9.47 Å². The average Bonchev–Trinajstić information content (AvgIpc) is 3.33. The number of hydrogen-bond acceptors (Lipinski definition) is 4. The van der Waals surface area contributed by atoms with E-state index in [1.54, 1.807) is 14.2 Å². The smallest absolute Gasteiger partial charge is 0.274 e. The first-order valence-electron chi connectivity index (χ1n) is 9.05. The van der Waals surface area contributed by atoms with Gasteiger partial charge in [0.25, 0.3) is 5.91 Å². The Morgan fingerprint density at radius 2 is 2.00 bits per heavy atom. The van der Waals surface area contributed by atoms with E-state index in [4.69, 9.17) is 9.47 Å². The van der Waals surface area contributed by atoms with Crippen molar-refractivity contribution in [2.75, 3.05) is 27.3 Å². The van der Waals surface area contributed by atoms with Crippen LogP contribution in [0.5, 0.6) is 11.5 Å². The first-order valence-corrected chi connectivity index (χ1v) is 9.05. The minimum Gasteiger partial charge on any atom is -0.497 e. The predicted molar refractivity (Wildman–Crippen MR) is 103 cm³/mol. The molecule has 0 radical (unpaired) electrons. The van der Waals surface area contributed by atoms with Crippen LogP contribution in [0.3, 0.4) is 0 Å². The Kier molecular flexibility index (Phi) is 4.48. The van der Waals surface area contributed by atoms with Crippen molar-refractivity contribution in [2.45, 2.75) is 19.3 Å². The summed E-state index contributed by atoms with van der Waals surface area (Å²) in [5, 5.41) is 0. The summed E-state index contributed by atoms with van der Waals surface area (Å²) in [5.74, 6) is 1.82. The number of hydrogen-bond donors (Lipinski definition) is 0. The number of fused-ring (bicyclic) bond motifs is 1. The number of methoxy groups -OCH3 is 2. The molecule has 1 saturated heterocycles. The van der Waals surface area contributed by atoms with Crippen LogP contribution in [0.2, 0.25) is 0 Å². The van der Waals surface area contributed by atoms with Gasteiger partial charge in [0.1, 0.15) is 22.8 Å². The van der Waals surface area contributed by atoms with E-state index in [-0.39, 0.29) is 11.8 Å². The van der Waals surface area contributed by atoms with Gasteiger partial charge in [0.2, 0.25) is 0 Å². The van der Waals surface area contributed by atoms with E-state index in [2.05, 4.69) is 4.98 Å². The Labute approximate surface area is 158 Å². The van der Waals surface area contributed by atoms with E-state index >= 15 is 0 Å². The number of carbonyl (C=O) groups is 1. The number of pyridine rings is 1. The zero-order chi connectivity index (χ0) is 19.0. The molecule has 4 rings (SSSR count). The molecule has 0 N–H and O–H groups in total. The van der Waals surface area contributed by atoms with Gasteiger partial charge < -0.3 is 18.8 Å². The van der Waals surface area contributed by atoms with Crippen molar-refractivity contribution in [3.63, 3.8) is 0 Å². The highest BCUT2D eigenvalue weighted by Crippen LogP contribution is 2.36. The van der Waals surface area contributed by atoms with E-state index in [9.17, 15) is 4.79 Å². The van der Waals surface area contributed by atoms with Gasteiger partial charge in [-0.05, 0) is 43.2 Å². The molecule has 1 aliphatic heterocycles. The maximum absolute atomic E-state index is 13.0. The molecular weight excluding hydrogens is 342 g/mol. The van der Waals surface area contributed by atoms with Crippen molar-refractivity contribution < 1.29 is 14.3 Å². The number of aromatic nitrogens is 2. The second kappa shape index (κ2) is 6.95. The number of aryl methyl sites for hydroxylation is 1. The van der Waals surface area contributed by atoms with Crippen molar-refractivity contribution in [1.82, 2.24) is 14.3 Å². The molecule has 0 spiro atoms. The Hall–Kier alpha value is -3.02. The lowest BCUT2D eigenvalue weighted by Crippen LogP contribution is -2.28. The SMILES string of the molecule is COc1ccc(OC)c(C2CCN(C(=O)c3cn4cc(C)ccc4n3)C2)c1. The van der Waals surface area contributed by atoms with Crippen LogP contribution in [-0.2, 0) is 0 Å². The van der Waals surface area contributed by atoms with Gasteiger partial charge in [-0.15, -0.1) is 0 Å². The predicted octanol–water partition coefficient (Wildman–Crippen LogP) is 3.29. The van der Waals surface area contributed by atoms with Gasteiger partial charge in [-0.25, -0.2) is 4.98 Å². The van der Waals surface area contributed by atoms with Gasteiger partial charge in [-0.3, -0.25) is 4.79 Å². The summed E-state index contributed by atoms with van der Waals surface area (Å²) in [6, 6.07) is 9.74. The molecule has 27 heavy (non-hydrogen) atoms. The zero-order valence-corrected chi connectivity index (χ0v) is 15.8. The molecular formula is C21H23N3O3. The Morgan fingerprint density at radius 1 is 1.15 bits per heavy atom. The minimum atomic E-state index is -0.0271. The molecule has 6 heteroatoms. The number of ether oxygens (including phenoxy) is 2. The summed E-state index contributed by atoms with van der Waals surface area (Å²) < 4.78 is 12.8. The highest BCUT2D eigenvalue weighted by molar-refractivity contribution is 5.93. The first kappa shape index (κ1) is 17.4. The molecule has 1 fully saturated rings. The zero-order valence-electron chi connectivity index (χ0n) is 15.8. The molecule has 140 valence electrons. The van der Waals surface area contributed by atoms with Crippen molar-refractivity contribution in [2.24, 2.45) is 0 Å². The fourth-order valence-corrected chi connectivity index (χ4v) is 3.73. The summed E-state index contributed by atoms with van der Waals surface area (Å²) in [5.41, 5.74) is 3.48. The highest BCUT2D eigenvalue weighted by Gasteiger charge is 2.31.